The summed E-state index contributed by atoms with van der Waals surface area (Å²) in [4.78, 5) is 72.9. The minimum absolute atomic E-state index is 0.00311. The van der Waals surface area contributed by atoms with Crippen molar-refractivity contribution < 1.29 is 52.2 Å². The fourth-order valence-electron chi connectivity index (χ4n) is 6.90. The summed E-state index contributed by atoms with van der Waals surface area (Å²) >= 11 is 0. The molecule has 318 valence electrons. The van der Waals surface area contributed by atoms with Gasteiger partial charge in [0.1, 0.15) is 30.8 Å². The Morgan fingerprint density at radius 2 is 1.05 bits per heavy atom. The molecule has 2 saturated heterocycles. The van der Waals surface area contributed by atoms with Crippen molar-refractivity contribution in [1.82, 2.24) is 19.1 Å². The van der Waals surface area contributed by atoms with E-state index < -0.39 is 88.0 Å². The molecule has 2 aromatic rings. The molecule has 0 radical (unpaired) electrons. The highest BCUT2D eigenvalue weighted by atomic mass is 31.2. The van der Waals surface area contributed by atoms with Crippen molar-refractivity contribution in [2.75, 3.05) is 26.0 Å². The van der Waals surface area contributed by atoms with Crippen molar-refractivity contribution in [3.8, 4) is 0 Å². The number of rotatable bonds is 25. The molecule has 0 bridgehead atoms. The number of aliphatic hydroxyl groups is 2. The second-order valence-electron chi connectivity index (χ2n) is 14.6. The van der Waals surface area contributed by atoms with Crippen LogP contribution >= 0.6 is 15.4 Å². The lowest BCUT2D eigenvalue weighted by molar-refractivity contribution is -0.0464. The van der Waals surface area contributed by atoms with Crippen LogP contribution in [0.2, 0.25) is 0 Å². The van der Waals surface area contributed by atoms with Crippen molar-refractivity contribution in [2.24, 2.45) is 0 Å². The van der Waals surface area contributed by atoms with Gasteiger partial charge in [-0.05, 0) is 26.7 Å². The van der Waals surface area contributed by atoms with Gasteiger partial charge in [0.25, 0.3) is 11.1 Å². The first kappa shape index (κ1) is 46.2. The SMILES string of the molecule is Cc1cn([C@H]2C[C@H](OP(=O)(O)CCCCCCCCCCCCCCCOP(=O)(O)O[C@H]3C[C@H](n4cc(C)c(=O)[nH]c4=O)O[C@@H]3CO)[C@@H](CO)O2)c(=O)[nH]c1=O. The van der Waals surface area contributed by atoms with Gasteiger partial charge in [-0.1, -0.05) is 70.6 Å². The number of H-pyrrole nitrogens is 2. The van der Waals surface area contributed by atoms with Gasteiger partial charge in [0.15, 0.2) is 0 Å². The van der Waals surface area contributed by atoms with E-state index in [-0.39, 0.29) is 31.2 Å². The van der Waals surface area contributed by atoms with Gasteiger partial charge in [-0.3, -0.25) is 42.3 Å². The highest BCUT2D eigenvalue weighted by Crippen LogP contribution is 2.49. The molecule has 4 rings (SSSR count). The molecule has 2 unspecified atom stereocenters. The molecule has 0 aromatic carbocycles. The molecular formula is C35H58N4O15P2. The summed E-state index contributed by atoms with van der Waals surface area (Å²) in [7, 11) is -8.41. The molecule has 21 heteroatoms. The monoisotopic (exact) mass is 836 g/mol. The number of ether oxygens (including phenoxy) is 2. The number of aromatic amines is 2. The second-order valence-corrected chi connectivity index (χ2v) is 17.9. The van der Waals surface area contributed by atoms with E-state index in [1.807, 2.05) is 0 Å². The zero-order valence-electron chi connectivity index (χ0n) is 32.1. The van der Waals surface area contributed by atoms with Gasteiger partial charge >= 0.3 is 26.8 Å². The fraction of sp³-hybridized carbons (Fsp3) is 0.771. The number of hydrogen-bond donors (Lipinski definition) is 6. The summed E-state index contributed by atoms with van der Waals surface area (Å²) in [5.74, 6) is 0. The smallest absolute Gasteiger partial charge is 0.394 e. The normalized spacial score (nSPS) is 24.7. The molecule has 56 heavy (non-hydrogen) atoms. The van der Waals surface area contributed by atoms with Crippen LogP contribution in [0.25, 0.3) is 0 Å². The first-order valence-corrected chi connectivity index (χ1v) is 22.7. The molecule has 8 atom stereocenters. The van der Waals surface area contributed by atoms with Crippen molar-refractivity contribution in [2.45, 2.75) is 147 Å². The molecule has 2 aliphatic rings. The molecule has 0 saturated carbocycles. The van der Waals surface area contributed by atoms with Crippen LogP contribution in [0.3, 0.4) is 0 Å². The third kappa shape index (κ3) is 14.1. The third-order valence-corrected chi connectivity index (χ3v) is 12.6. The second kappa shape index (κ2) is 22.0. The Morgan fingerprint density at radius 1 is 0.661 bits per heavy atom. The molecule has 19 nitrogen and oxygen atoms in total. The van der Waals surface area contributed by atoms with Gasteiger partial charge in [0.2, 0.25) is 0 Å². The number of hydrogen-bond acceptors (Lipinski definition) is 13. The number of aryl methyl sites for hydroxylation is 2. The topological polar surface area (TPSA) is 271 Å². The molecule has 0 spiro atoms. The summed E-state index contributed by atoms with van der Waals surface area (Å²) in [6.07, 6.45) is 9.41. The van der Waals surface area contributed by atoms with Gasteiger partial charge in [-0.2, -0.15) is 0 Å². The van der Waals surface area contributed by atoms with Crippen LogP contribution in [0.1, 0.15) is 120 Å². The Bertz CT molecular complexity index is 1750. The molecule has 2 fully saturated rings. The quantitative estimate of drug-likeness (QED) is 0.0618. The van der Waals surface area contributed by atoms with Crippen molar-refractivity contribution in [1.29, 1.82) is 0 Å². The van der Waals surface area contributed by atoms with E-state index in [0.717, 1.165) is 75.2 Å². The van der Waals surface area contributed by atoms with Crippen molar-refractivity contribution in [3.63, 3.8) is 0 Å². The fourth-order valence-corrected chi connectivity index (χ4v) is 9.25. The highest BCUT2D eigenvalue weighted by Gasteiger charge is 2.42. The molecule has 2 aromatic heterocycles. The zero-order valence-corrected chi connectivity index (χ0v) is 33.9. The summed E-state index contributed by atoms with van der Waals surface area (Å²) in [5.41, 5.74) is -1.82. The Morgan fingerprint density at radius 3 is 1.48 bits per heavy atom. The maximum absolute atomic E-state index is 12.8. The minimum Gasteiger partial charge on any atom is -0.394 e. The average molecular weight is 837 g/mol. The number of aliphatic hydroxyl groups excluding tert-OH is 2. The summed E-state index contributed by atoms with van der Waals surface area (Å²) in [6, 6.07) is 0. The van der Waals surface area contributed by atoms with Crippen LogP contribution in [-0.4, -0.2) is 89.5 Å². The lowest BCUT2D eigenvalue weighted by Gasteiger charge is -2.20. The van der Waals surface area contributed by atoms with E-state index >= 15 is 0 Å². The Hall–Kier alpha value is -2.54. The number of nitrogens with zero attached hydrogens (tertiary/aromatic N) is 2. The van der Waals surface area contributed by atoms with Gasteiger partial charge in [-0.15, -0.1) is 0 Å². The first-order chi connectivity index (χ1) is 26.6. The van der Waals surface area contributed by atoms with Crippen LogP contribution in [0.5, 0.6) is 0 Å². The predicted molar refractivity (Wildman–Crippen MR) is 204 cm³/mol. The average Bonchev–Trinajstić information content (AvgIpc) is 3.73. The van der Waals surface area contributed by atoms with Crippen LogP contribution in [0.15, 0.2) is 31.6 Å². The van der Waals surface area contributed by atoms with Crippen LogP contribution in [0, 0.1) is 13.8 Å². The number of nitrogens with one attached hydrogen (secondary N) is 2. The Balaban J connectivity index is 0.981. The standard InChI is InChI=1S/C35H58N4O15P2/c1-24-20-38(34(44)36-32(24)42)30-18-26(28(22-40)51-30)53-55(46,47)17-15-13-11-9-7-5-3-4-6-8-10-12-14-16-50-56(48,49)54-27-19-31(52-29(27)23-41)39-21-25(2)33(43)37-35(39)45/h20-21,26-31,40-41H,3-19,22-23H2,1-2H3,(H,46,47)(H,48,49)(H,36,42,44)(H,37,43,45)/t26-,27-,28+,29+,30+,31+/m0/s1. The number of aromatic nitrogens is 4. The summed E-state index contributed by atoms with van der Waals surface area (Å²) in [5, 5.41) is 19.4. The van der Waals surface area contributed by atoms with E-state index in [1.54, 1.807) is 6.92 Å². The molecule has 0 aliphatic carbocycles. The maximum atomic E-state index is 12.8. The number of unbranched alkanes of at least 4 members (excludes halogenated alkanes) is 12. The molecular weight excluding hydrogens is 778 g/mol. The minimum atomic E-state index is -4.45. The maximum Gasteiger partial charge on any atom is 0.472 e. The molecule has 0 amide bonds. The molecule has 6 N–H and O–H groups in total. The third-order valence-electron chi connectivity index (χ3n) is 10.0. The largest absolute Gasteiger partial charge is 0.472 e. The summed E-state index contributed by atoms with van der Waals surface area (Å²) < 4.78 is 55.0. The van der Waals surface area contributed by atoms with E-state index in [9.17, 15) is 48.3 Å². The van der Waals surface area contributed by atoms with E-state index in [0.29, 0.717) is 18.4 Å². The van der Waals surface area contributed by atoms with Gasteiger partial charge in [-0.25, -0.2) is 14.2 Å². The van der Waals surface area contributed by atoms with Gasteiger partial charge in [0.05, 0.1) is 25.9 Å². The van der Waals surface area contributed by atoms with Gasteiger partial charge < -0.3 is 34.0 Å². The molecule has 2 aliphatic heterocycles. The first-order valence-electron chi connectivity index (χ1n) is 19.5. The summed E-state index contributed by atoms with van der Waals surface area (Å²) in [6.45, 7) is 2.14. The predicted octanol–water partition coefficient (Wildman–Crippen LogP) is 3.41. The Kier molecular flexibility index (Phi) is 18.1. The van der Waals surface area contributed by atoms with Crippen LogP contribution in [-0.2, 0) is 32.2 Å². The Labute approximate surface area is 324 Å². The van der Waals surface area contributed by atoms with Gasteiger partial charge in [0, 0.05) is 42.5 Å². The number of phosphoric ester groups is 1. The lowest BCUT2D eigenvalue weighted by Crippen LogP contribution is -2.33. The van der Waals surface area contributed by atoms with E-state index in [2.05, 4.69) is 9.97 Å². The van der Waals surface area contributed by atoms with E-state index in [1.165, 1.54) is 23.9 Å². The lowest BCUT2D eigenvalue weighted by atomic mass is 10.0. The van der Waals surface area contributed by atoms with Crippen LogP contribution in [0.4, 0.5) is 0 Å². The van der Waals surface area contributed by atoms with Crippen LogP contribution < -0.4 is 22.5 Å². The van der Waals surface area contributed by atoms with Crippen molar-refractivity contribution >= 4 is 15.4 Å². The van der Waals surface area contributed by atoms with E-state index in [4.69, 9.17) is 23.0 Å². The molecule has 4 heterocycles. The zero-order chi connectivity index (χ0) is 40.9. The highest BCUT2D eigenvalue weighted by molar-refractivity contribution is 7.52. The van der Waals surface area contributed by atoms with Crippen molar-refractivity contribution in [3.05, 3.63) is 65.2 Å². The number of phosphoric acid groups is 1.